The van der Waals surface area contributed by atoms with Crippen molar-refractivity contribution >= 4 is 13.8 Å². The lowest BCUT2D eigenvalue weighted by Gasteiger charge is -1.96. The van der Waals surface area contributed by atoms with Gasteiger partial charge in [0, 0.05) is 0 Å². The molecule has 0 bridgehead atoms. The van der Waals surface area contributed by atoms with E-state index < -0.39 is 0 Å². The predicted molar refractivity (Wildman–Crippen MR) is 37.9 cm³/mol. The number of hydrogen-bond donors (Lipinski definition) is 1. The molecule has 0 aliphatic rings. The second-order valence-electron chi connectivity index (χ2n) is 1.42. The molecule has 3 heteroatoms. The fourth-order valence-corrected chi connectivity index (χ4v) is 0.307. The van der Waals surface area contributed by atoms with E-state index in [0.717, 1.165) is 0 Å². The Balaban J connectivity index is 3.88. The molecule has 0 saturated heterocycles. The van der Waals surface area contributed by atoms with Crippen molar-refractivity contribution in [1.82, 2.24) is 5.32 Å². The van der Waals surface area contributed by atoms with E-state index in [1.54, 1.807) is 6.92 Å². The molecule has 0 spiro atoms. The number of carbonyl (C=O) groups excluding carboxylic acids is 1. The number of allylic oxidation sites excluding steroid dienone is 1. The average molecular weight is 121 g/mol. The normalized spacial score (nSPS) is 10.6. The highest BCUT2D eigenvalue weighted by Gasteiger charge is 1.95. The van der Waals surface area contributed by atoms with Gasteiger partial charge in [-0.3, -0.25) is 4.79 Å². The van der Waals surface area contributed by atoms with Crippen molar-refractivity contribution in [3.05, 3.63) is 24.3 Å². The smallest absolute Gasteiger partial charge is 0.240 e. The third kappa shape index (κ3) is 2.75. The summed E-state index contributed by atoms with van der Waals surface area (Å²) in [5.74, 6) is -0.312. The summed E-state index contributed by atoms with van der Waals surface area (Å²) in [5, 5.41) is 2.33. The number of carbonyl (C=O) groups is 1. The first-order valence-corrected chi connectivity index (χ1v) is 2.56. The van der Waals surface area contributed by atoms with Gasteiger partial charge >= 0.3 is 0 Å². The van der Waals surface area contributed by atoms with Gasteiger partial charge < -0.3 is 5.32 Å². The van der Waals surface area contributed by atoms with Crippen molar-refractivity contribution in [3.8, 4) is 0 Å². The Morgan fingerprint density at radius 1 is 1.78 bits per heavy atom. The summed E-state index contributed by atoms with van der Waals surface area (Å²) >= 11 is 0. The molecule has 0 aromatic heterocycles. The first-order chi connectivity index (χ1) is 4.22. The van der Waals surface area contributed by atoms with Gasteiger partial charge in [0.25, 0.3) is 0 Å². The summed E-state index contributed by atoms with van der Waals surface area (Å²) in [6.07, 6.45) is 2.82. The summed E-state index contributed by atoms with van der Waals surface area (Å²) in [7, 11) is 5.20. The van der Waals surface area contributed by atoms with Crippen LogP contribution in [0.25, 0.3) is 0 Å². The molecular formula is C6H8BNO. The molecular weight excluding hydrogens is 113 g/mol. The van der Waals surface area contributed by atoms with E-state index in [0.29, 0.717) is 0 Å². The quantitative estimate of drug-likeness (QED) is 0.413. The Hall–Kier alpha value is -0.985. The molecule has 2 radical (unpaired) electrons. The summed E-state index contributed by atoms with van der Waals surface area (Å²) in [6, 6.07) is 0. The van der Waals surface area contributed by atoms with Crippen LogP contribution < -0.4 is 5.32 Å². The van der Waals surface area contributed by atoms with Crippen molar-refractivity contribution in [2.75, 3.05) is 0 Å². The van der Waals surface area contributed by atoms with E-state index in [1.165, 1.54) is 12.3 Å². The molecule has 0 rings (SSSR count). The minimum atomic E-state index is -0.312. The predicted octanol–water partition coefficient (Wildman–Crippen LogP) is 0.318. The van der Waals surface area contributed by atoms with Crippen molar-refractivity contribution in [1.29, 1.82) is 0 Å². The lowest BCUT2D eigenvalue weighted by molar-refractivity contribution is -0.116. The van der Waals surface area contributed by atoms with Gasteiger partial charge in [-0.2, -0.15) is 0 Å². The standard InChI is InChI=1S/C6H8BNO/c1-3-5(7)6(9)8-4-2/h3-4H,2H2,1H3,(H,8,9)/b5-3+. The molecule has 0 aromatic rings. The van der Waals surface area contributed by atoms with Crippen LogP contribution in [0.1, 0.15) is 6.92 Å². The number of amides is 1. The van der Waals surface area contributed by atoms with Crippen molar-refractivity contribution < 1.29 is 4.79 Å². The average Bonchev–Trinajstić information content (AvgIpc) is 1.87. The van der Waals surface area contributed by atoms with E-state index in [4.69, 9.17) is 7.85 Å². The number of rotatable bonds is 2. The summed E-state index contributed by atoms with van der Waals surface area (Å²) < 4.78 is 0. The number of nitrogens with one attached hydrogen (secondary N) is 1. The zero-order chi connectivity index (χ0) is 7.28. The van der Waals surface area contributed by atoms with Crippen molar-refractivity contribution in [3.63, 3.8) is 0 Å². The van der Waals surface area contributed by atoms with Gasteiger partial charge in [-0.1, -0.05) is 12.7 Å². The molecule has 0 heterocycles. The minimum absolute atomic E-state index is 0.204. The molecule has 2 nitrogen and oxygen atoms in total. The van der Waals surface area contributed by atoms with Crippen LogP contribution in [-0.2, 0) is 4.79 Å². The van der Waals surface area contributed by atoms with Crippen LogP contribution in [0.2, 0.25) is 0 Å². The third-order valence-corrected chi connectivity index (χ3v) is 0.806. The van der Waals surface area contributed by atoms with Gasteiger partial charge in [-0.15, -0.1) is 0 Å². The third-order valence-electron chi connectivity index (χ3n) is 0.806. The zero-order valence-electron chi connectivity index (χ0n) is 5.35. The van der Waals surface area contributed by atoms with Gasteiger partial charge in [0.1, 0.15) is 7.85 Å². The minimum Gasteiger partial charge on any atom is -0.330 e. The Bertz CT molecular complexity index is 151. The highest BCUT2D eigenvalue weighted by molar-refractivity contribution is 6.36. The van der Waals surface area contributed by atoms with Gasteiger partial charge in [0.05, 0.1) is 0 Å². The van der Waals surface area contributed by atoms with Crippen LogP contribution in [0.15, 0.2) is 24.3 Å². The first kappa shape index (κ1) is 8.01. The van der Waals surface area contributed by atoms with Crippen LogP contribution in [0.5, 0.6) is 0 Å². The fraction of sp³-hybridized carbons (Fsp3) is 0.167. The highest BCUT2D eigenvalue weighted by atomic mass is 16.1. The molecule has 0 saturated carbocycles. The first-order valence-electron chi connectivity index (χ1n) is 2.56. The molecule has 0 aliphatic carbocycles. The summed E-state index contributed by atoms with van der Waals surface area (Å²) in [4.78, 5) is 10.6. The second kappa shape index (κ2) is 3.95. The van der Waals surface area contributed by atoms with Crippen LogP contribution in [0.3, 0.4) is 0 Å². The zero-order valence-corrected chi connectivity index (χ0v) is 5.35. The van der Waals surface area contributed by atoms with Crippen molar-refractivity contribution in [2.45, 2.75) is 6.92 Å². The summed E-state index contributed by atoms with van der Waals surface area (Å²) in [5.41, 5.74) is 0.204. The Kier molecular flexibility index (Phi) is 3.52. The molecule has 9 heavy (non-hydrogen) atoms. The monoisotopic (exact) mass is 121 g/mol. The SMILES string of the molecule is [B]/C(=C/C)C(=O)NC=C. The van der Waals surface area contributed by atoms with Crippen LogP contribution in [-0.4, -0.2) is 13.8 Å². The molecule has 46 valence electrons. The molecule has 0 unspecified atom stereocenters. The lowest BCUT2D eigenvalue weighted by Crippen LogP contribution is -2.18. The Morgan fingerprint density at radius 2 is 2.33 bits per heavy atom. The van der Waals surface area contributed by atoms with Crippen LogP contribution in [0, 0.1) is 0 Å². The lowest BCUT2D eigenvalue weighted by atomic mass is 9.95. The fourth-order valence-electron chi connectivity index (χ4n) is 0.307. The number of hydrogen-bond acceptors (Lipinski definition) is 1. The molecule has 0 aliphatic heterocycles. The van der Waals surface area contributed by atoms with E-state index in [2.05, 4.69) is 11.9 Å². The largest absolute Gasteiger partial charge is 0.330 e. The Labute approximate surface area is 56.0 Å². The maximum absolute atomic E-state index is 10.6. The van der Waals surface area contributed by atoms with E-state index in [9.17, 15) is 4.79 Å². The maximum atomic E-state index is 10.6. The second-order valence-corrected chi connectivity index (χ2v) is 1.42. The molecule has 0 aromatic carbocycles. The maximum Gasteiger partial charge on any atom is 0.240 e. The van der Waals surface area contributed by atoms with Crippen LogP contribution in [0.4, 0.5) is 0 Å². The Morgan fingerprint density at radius 3 is 2.67 bits per heavy atom. The van der Waals surface area contributed by atoms with Gasteiger partial charge in [0.15, 0.2) is 0 Å². The molecule has 1 amide bonds. The van der Waals surface area contributed by atoms with Gasteiger partial charge in [-0.25, -0.2) is 0 Å². The van der Waals surface area contributed by atoms with Crippen molar-refractivity contribution in [2.24, 2.45) is 0 Å². The van der Waals surface area contributed by atoms with Crippen LogP contribution >= 0.6 is 0 Å². The van der Waals surface area contributed by atoms with E-state index >= 15 is 0 Å². The topological polar surface area (TPSA) is 29.1 Å². The molecule has 0 fully saturated rings. The highest BCUT2D eigenvalue weighted by Crippen LogP contribution is 1.84. The van der Waals surface area contributed by atoms with Gasteiger partial charge in [0.2, 0.25) is 5.91 Å². The summed E-state index contributed by atoms with van der Waals surface area (Å²) in [6.45, 7) is 5.00. The van der Waals surface area contributed by atoms with Gasteiger partial charge in [-0.05, 0) is 18.6 Å². The van der Waals surface area contributed by atoms with E-state index in [-0.39, 0.29) is 11.4 Å². The molecule has 0 atom stereocenters. The van der Waals surface area contributed by atoms with E-state index in [1.807, 2.05) is 0 Å². The molecule has 1 N–H and O–H groups in total.